The van der Waals surface area contributed by atoms with Crippen LogP contribution in [0.5, 0.6) is 0 Å². The summed E-state index contributed by atoms with van der Waals surface area (Å²) in [5, 5.41) is 9.71. The Bertz CT molecular complexity index is 247. The molecule has 0 saturated carbocycles. The molecule has 2 atom stereocenters. The van der Waals surface area contributed by atoms with Crippen molar-refractivity contribution in [2.24, 2.45) is 0 Å². The molecule has 2 nitrogen and oxygen atoms in total. The van der Waals surface area contributed by atoms with Gasteiger partial charge in [0, 0.05) is 6.42 Å². The summed E-state index contributed by atoms with van der Waals surface area (Å²) >= 11 is 8.41. The molecule has 0 spiro atoms. The Balaban J connectivity index is 2.79. The van der Waals surface area contributed by atoms with Crippen LogP contribution in [-0.2, 0) is 4.79 Å². The zero-order chi connectivity index (χ0) is 9.19. The summed E-state index contributed by atoms with van der Waals surface area (Å²) in [6.07, 6.45) is 6.88. The highest BCUT2D eigenvalue weighted by Gasteiger charge is 2.35. The van der Waals surface area contributed by atoms with Gasteiger partial charge in [0.2, 0.25) is 0 Å². The Labute approximate surface area is 84.0 Å². The number of Topliss-reactive ketones (excluding diaryl/α,β-unsaturated/α-hetero) is 1. The number of carbonyl (C=O) groups is 1. The van der Waals surface area contributed by atoms with Gasteiger partial charge in [-0.15, -0.1) is 11.6 Å². The van der Waals surface area contributed by atoms with E-state index in [1.807, 2.05) is 0 Å². The van der Waals surface area contributed by atoms with Crippen LogP contribution in [0.2, 0.25) is 0 Å². The molecule has 0 aromatic rings. The lowest BCUT2D eigenvalue weighted by atomic mass is 9.92. The molecule has 12 heavy (non-hydrogen) atoms. The third-order valence-corrected chi connectivity index (χ3v) is 2.29. The van der Waals surface area contributed by atoms with E-state index in [-0.39, 0.29) is 6.42 Å². The second-order valence-corrected chi connectivity index (χ2v) is 4.46. The first kappa shape index (κ1) is 9.96. The van der Waals surface area contributed by atoms with E-state index in [1.165, 1.54) is 6.08 Å². The molecule has 0 radical (unpaired) electrons. The van der Waals surface area contributed by atoms with Crippen molar-refractivity contribution in [3.8, 4) is 0 Å². The summed E-state index contributed by atoms with van der Waals surface area (Å²) in [5.41, 5.74) is -1.43. The maximum atomic E-state index is 11.3. The van der Waals surface area contributed by atoms with Crippen LogP contribution in [-0.4, -0.2) is 20.8 Å². The fraction of sp³-hybridized carbons (Fsp3) is 0.375. The van der Waals surface area contributed by atoms with Gasteiger partial charge in [-0.05, 0) is 6.08 Å². The van der Waals surface area contributed by atoms with E-state index in [0.29, 0.717) is 0 Å². The van der Waals surface area contributed by atoms with Crippen molar-refractivity contribution >= 4 is 33.3 Å². The minimum atomic E-state index is -1.43. The number of carbonyl (C=O) groups excluding carboxylic acids is 1. The second kappa shape index (κ2) is 3.73. The van der Waals surface area contributed by atoms with Gasteiger partial charge >= 0.3 is 0 Å². The lowest BCUT2D eigenvalue weighted by molar-refractivity contribution is -0.130. The van der Waals surface area contributed by atoms with Crippen molar-refractivity contribution in [1.82, 2.24) is 0 Å². The van der Waals surface area contributed by atoms with Gasteiger partial charge in [0.05, 0.1) is 0 Å². The quantitative estimate of drug-likeness (QED) is 0.760. The Hall–Kier alpha value is -0.120. The molecule has 0 unspecified atom stereocenters. The first-order chi connectivity index (χ1) is 5.56. The number of aliphatic hydroxyl groups is 1. The van der Waals surface area contributed by atoms with Crippen LogP contribution < -0.4 is 0 Å². The maximum Gasteiger partial charge on any atom is 0.197 e. The van der Waals surface area contributed by atoms with E-state index in [0.717, 1.165) is 0 Å². The van der Waals surface area contributed by atoms with Crippen LogP contribution in [0.25, 0.3) is 0 Å². The van der Waals surface area contributed by atoms with E-state index < -0.39 is 15.7 Å². The fourth-order valence-corrected chi connectivity index (χ4v) is 1.57. The van der Waals surface area contributed by atoms with Crippen LogP contribution >= 0.6 is 27.5 Å². The van der Waals surface area contributed by atoms with Crippen LogP contribution in [0.15, 0.2) is 24.3 Å². The number of allylic oxidation sites excluding steroid dienone is 2. The standard InChI is InChI=1S/C8H8BrClO2/c9-7(10)6(11)8(12)4-2-1-3-5-8/h1-4,7,12H,5H2/t7-,8-/m0/s1. The maximum absolute atomic E-state index is 11.3. The number of hydrogen-bond donors (Lipinski definition) is 1. The average Bonchev–Trinajstić information content (AvgIpc) is 2.04. The zero-order valence-corrected chi connectivity index (χ0v) is 8.55. The summed E-state index contributed by atoms with van der Waals surface area (Å²) in [4.78, 5) is 11.3. The van der Waals surface area contributed by atoms with Crippen molar-refractivity contribution in [1.29, 1.82) is 0 Å². The summed E-state index contributed by atoms with van der Waals surface area (Å²) in [7, 11) is 0. The van der Waals surface area contributed by atoms with Gasteiger partial charge in [-0.2, -0.15) is 0 Å². The summed E-state index contributed by atoms with van der Waals surface area (Å²) in [6.45, 7) is 0. The Morgan fingerprint density at radius 2 is 2.33 bits per heavy atom. The molecular formula is C8H8BrClO2. The molecule has 1 N–H and O–H groups in total. The molecular weight excluding hydrogens is 243 g/mol. The smallest absolute Gasteiger partial charge is 0.197 e. The molecule has 0 amide bonds. The third kappa shape index (κ3) is 1.97. The zero-order valence-electron chi connectivity index (χ0n) is 6.21. The van der Waals surface area contributed by atoms with E-state index in [2.05, 4.69) is 15.9 Å². The number of halogens is 2. The van der Waals surface area contributed by atoms with Gasteiger partial charge in [0.15, 0.2) is 5.78 Å². The Morgan fingerprint density at radius 1 is 1.67 bits per heavy atom. The second-order valence-electron chi connectivity index (χ2n) is 2.58. The van der Waals surface area contributed by atoms with Gasteiger partial charge in [0.1, 0.15) is 9.89 Å². The van der Waals surface area contributed by atoms with Crippen LogP contribution in [0.4, 0.5) is 0 Å². The van der Waals surface area contributed by atoms with E-state index in [4.69, 9.17) is 11.6 Å². The van der Waals surface area contributed by atoms with Crippen LogP contribution in [0.3, 0.4) is 0 Å². The van der Waals surface area contributed by atoms with Crippen molar-refractivity contribution < 1.29 is 9.90 Å². The predicted octanol–water partition coefficient (Wildman–Crippen LogP) is 1.76. The van der Waals surface area contributed by atoms with Crippen LogP contribution in [0.1, 0.15) is 6.42 Å². The lowest BCUT2D eigenvalue weighted by Crippen LogP contribution is -2.40. The molecule has 1 rings (SSSR count). The molecule has 1 aliphatic rings. The molecule has 0 saturated heterocycles. The van der Waals surface area contributed by atoms with Gasteiger partial charge in [-0.25, -0.2) is 0 Å². The van der Waals surface area contributed by atoms with Gasteiger partial charge in [-0.1, -0.05) is 34.2 Å². The minimum absolute atomic E-state index is 0.289. The molecule has 0 bridgehead atoms. The topological polar surface area (TPSA) is 37.3 Å². The fourth-order valence-electron chi connectivity index (χ4n) is 0.981. The number of alkyl halides is 2. The van der Waals surface area contributed by atoms with E-state index >= 15 is 0 Å². The van der Waals surface area contributed by atoms with E-state index in [1.54, 1.807) is 18.2 Å². The van der Waals surface area contributed by atoms with Gasteiger partial charge in [-0.3, -0.25) is 4.79 Å². The number of rotatable bonds is 2. The summed E-state index contributed by atoms with van der Waals surface area (Å²) < 4.78 is -0.835. The summed E-state index contributed by atoms with van der Waals surface area (Å²) in [6, 6.07) is 0. The highest BCUT2D eigenvalue weighted by molar-refractivity contribution is 9.10. The lowest BCUT2D eigenvalue weighted by Gasteiger charge is -2.23. The van der Waals surface area contributed by atoms with Crippen molar-refractivity contribution in [3.63, 3.8) is 0 Å². The Morgan fingerprint density at radius 3 is 2.75 bits per heavy atom. The molecule has 0 aliphatic heterocycles. The molecule has 0 aromatic carbocycles. The van der Waals surface area contributed by atoms with Crippen molar-refractivity contribution in [2.45, 2.75) is 16.3 Å². The molecule has 66 valence electrons. The molecule has 1 aliphatic carbocycles. The molecule has 4 heteroatoms. The molecule has 0 fully saturated rings. The monoisotopic (exact) mass is 250 g/mol. The molecule has 0 aromatic heterocycles. The average molecular weight is 252 g/mol. The predicted molar refractivity (Wildman–Crippen MR) is 51.4 cm³/mol. The van der Waals surface area contributed by atoms with Gasteiger partial charge in [0.25, 0.3) is 0 Å². The first-order valence-corrected chi connectivity index (χ1v) is 4.81. The SMILES string of the molecule is O=C([C@H](Cl)Br)[C@]1(O)C=CC=CC1. The largest absolute Gasteiger partial charge is 0.377 e. The number of hydrogen-bond acceptors (Lipinski definition) is 2. The third-order valence-electron chi connectivity index (χ3n) is 1.67. The van der Waals surface area contributed by atoms with Crippen molar-refractivity contribution in [3.05, 3.63) is 24.3 Å². The molecule has 0 heterocycles. The minimum Gasteiger partial charge on any atom is -0.377 e. The number of ketones is 1. The highest BCUT2D eigenvalue weighted by Crippen LogP contribution is 2.24. The highest BCUT2D eigenvalue weighted by atomic mass is 79.9. The normalized spacial score (nSPS) is 30.2. The van der Waals surface area contributed by atoms with Crippen LogP contribution in [0, 0.1) is 0 Å². The first-order valence-electron chi connectivity index (χ1n) is 3.45. The Kier molecular flexibility index (Phi) is 3.09. The van der Waals surface area contributed by atoms with Crippen molar-refractivity contribution in [2.75, 3.05) is 0 Å². The van der Waals surface area contributed by atoms with Gasteiger partial charge < -0.3 is 5.11 Å². The summed E-state index contributed by atoms with van der Waals surface area (Å²) in [5.74, 6) is -0.426. The van der Waals surface area contributed by atoms with E-state index in [9.17, 15) is 9.90 Å².